The van der Waals surface area contributed by atoms with E-state index in [0.717, 1.165) is 33.9 Å². The largest absolute Gasteiger partial charge is 0.491 e. The van der Waals surface area contributed by atoms with Gasteiger partial charge in [0.1, 0.15) is 5.75 Å². The molecule has 10 nitrogen and oxygen atoms in total. The number of ether oxygens (including phenoxy) is 2. The number of thiazole rings is 1. The number of benzene rings is 2. The fourth-order valence-corrected chi connectivity index (χ4v) is 4.78. The zero-order valence-electron chi connectivity index (χ0n) is 21.7. The Labute approximate surface area is 230 Å². The zero-order chi connectivity index (χ0) is 27.4. The van der Waals surface area contributed by atoms with E-state index in [1.807, 2.05) is 51.1 Å². The van der Waals surface area contributed by atoms with Gasteiger partial charge < -0.3 is 14.8 Å². The molecule has 1 aromatic heterocycles. The van der Waals surface area contributed by atoms with Gasteiger partial charge in [0.05, 0.1) is 31.5 Å². The van der Waals surface area contributed by atoms with Crippen LogP contribution in [0.4, 0.5) is 10.5 Å². The summed E-state index contributed by atoms with van der Waals surface area (Å²) in [5.41, 5.74) is 3.14. The van der Waals surface area contributed by atoms with Gasteiger partial charge in [0.15, 0.2) is 6.29 Å². The van der Waals surface area contributed by atoms with Gasteiger partial charge in [-0.05, 0) is 69.2 Å². The molecule has 2 amide bonds. The van der Waals surface area contributed by atoms with Crippen molar-refractivity contribution in [3.05, 3.63) is 74.7 Å². The number of carbonyl (C=O) groups is 2. The predicted molar refractivity (Wildman–Crippen MR) is 146 cm³/mol. The number of anilines is 1. The van der Waals surface area contributed by atoms with Crippen molar-refractivity contribution in [1.82, 2.24) is 20.0 Å². The van der Waals surface area contributed by atoms with Crippen LogP contribution in [-0.4, -0.2) is 51.0 Å². The van der Waals surface area contributed by atoms with Crippen molar-refractivity contribution < 1.29 is 19.1 Å². The summed E-state index contributed by atoms with van der Waals surface area (Å²) in [4.78, 5) is 31.6. The summed E-state index contributed by atoms with van der Waals surface area (Å²) in [6.07, 6.45) is -0.643. The van der Waals surface area contributed by atoms with E-state index in [9.17, 15) is 9.59 Å². The third-order valence-electron chi connectivity index (χ3n) is 5.70. The normalized spacial score (nSPS) is 15.9. The second-order valence-electron chi connectivity index (χ2n) is 9.00. The SMILES string of the molecule is CCOC(=O)c1nc(CN2C(=O)N(Cc3ccc(Cl)cc3)C(Nc3ccc(OC(C)C)c(C)c3)N2N)cs1. The first kappa shape index (κ1) is 27.6. The van der Waals surface area contributed by atoms with Crippen LogP contribution in [-0.2, 0) is 17.8 Å². The lowest BCUT2D eigenvalue weighted by Gasteiger charge is -2.29. The Morgan fingerprint density at radius 2 is 1.95 bits per heavy atom. The van der Waals surface area contributed by atoms with Crippen molar-refractivity contribution in [2.45, 2.75) is 53.2 Å². The number of aryl methyl sites for hydroxylation is 1. The van der Waals surface area contributed by atoms with Crippen LogP contribution in [0.2, 0.25) is 5.02 Å². The molecule has 1 fully saturated rings. The van der Waals surface area contributed by atoms with Crippen LogP contribution in [0.25, 0.3) is 0 Å². The van der Waals surface area contributed by atoms with E-state index in [2.05, 4.69) is 10.3 Å². The van der Waals surface area contributed by atoms with Crippen molar-refractivity contribution in [2.24, 2.45) is 5.84 Å². The van der Waals surface area contributed by atoms with Crippen LogP contribution in [0.15, 0.2) is 47.8 Å². The number of hydrazine groups is 2. The fourth-order valence-electron chi connectivity index (χ4n) is 3.95. The fraction of sp³-hybridized carbons (Fsp3) is 0.346. The topological polar surface area (TPSA) is 113 Å². The standard InChI is InChI=1S/C26H31ClN6O4S/c1-5-36-24(34)23-29-21(15-38-23)14-32-26(35)31(13-18-6-8-19(27)9-7-18)25(33(32)28)30-20-10-11-22(17(4)12-20)37-16(2)3/h6-12,15-16,25,30H,5,13-14,28H2,1-4H3. The molecule has 0 radical (unpaired) electrons. The number of nitrogens with one attached hydrogen (secondary N) is 1. The molecule has 1 saturated heterocycles. The Kier molecular flexibility index (Phi) is 8.72. The van der Waals surface area contributed by atoms with Gasteiger partial charge >= 0.3 is 12.0 Å². The summed E-state index contributed by atoms with van der Waals surface area (Å²) in [6, 6.07) is 12.7. The number of rotatable bonds is 10. The number of amides is 2. The van der Waals surface area contributed by atoms with Gasteiger partial charge in [-0.1, -0.05) is 23.7 Å². The minimum Gasteiger partial charge on any atom is -0.491 e. The van der Waals surface area contributed by atoms with Gasteiger partial charge in [-0.15, -0.1) is 16.5 Å². The van der Waals surface area contributed by atoms with Gasteiger partial charge in [-0.25, -0.2) is 25.4 Å². The Morgan fingerprint density at radius 3 is 2.61 bits per heavy atom. The molecule has 0 bridgehead atoms. The van der Waals surface area contributed by atoms with Gasteiger partial charge in [-0.3, -0.25) is 4.90 Å². The molecule has 4 rings (SSSR count). The molecule has 202 valence electrons. The molecule has 0 aliphatic carbocycles. The minimum atomic E-state index is -0.697. The smallest absolute Gasteiger partial charge is 0.367 e. The first-order valence-electron chi connectivity index (χ1n) is 12.2. The maximum Gasteiger partial charge on any atom is 0.367 e. The van der Waals surface area contributed by atoms with Crippen molar-refractivity contribution in [3.8, 4) is 5.75 Å². The molecule has 3 N–H and O–H groups in total. The molecule has 0 spiro atoms. The summed E-state index contributed by atoms with van der Waals surface area (Å²) in [5.74, 6) is 6.79. The Balaban J connectivity index is 1.58. The number of carbonyl (C=O) groups excluding carboxylic acids is 2. The highest BCUT2D eigenvalue weighted by Crippen LogP contribution is 2.28. The molecule has 12 heteroatoms. The maximum absolute atomic E-state index is 13.6. The van der Waals surface area contributed by atoms with E-state index in [-0.39, 0.29) is 36.8 Å². The van der Waals surface area contributed by atoms with Crippen LogP contribution in [0.5, 0.6) is 5.75 Å². The first-order chi connectivity index (χ1) is 18.2. The monoisotopic (exact) mass is 558 g/mol. The Hall–Kier alpha value is -3.38. The molecule has 1 unspecified atom stereocenters. The quantitative estimate of drug-likeness (QED) is 0.264. The number of hydrogen-bond acceptors (Lipinski definition) is 9. The molecule has 1 aliphatic heterocycles. The molecule has 2 aromatic carbocycles. The number of esters is 1. The average molecular weight is 559 g/mol. The number of aromatic nitrogens is 1. The first-order valence-corrected chi connectivity index (χ1v) is 13.4. The van der Waals surface area contributed by atoms with E-state index in [0.29, 0.717) is 10.7 Å². The summed E-state index contributed by atoms with van der Waals surface area (Å²) >= 11 is 7.22. The van der Waals surface area contributed by atoms with Crippen molar-refractivity contribution in [1.29, 1.82) is 0 Å². The molecule has 1 aliphatic rings. The van der Waals surface area contributed by atoms with E-state index in [4.69, 9.17) is 26.9 Å². The van der Waals surface area contributed by atoms with Crippen molar-refractivity contribution in [2.75, 3.05) is 11.9 Å². The highest BCUT2D eigenvalue weighted by atomic mass is 35.5. The number of nitrogens with zero attached hydrogens (tertiary/aromatic N) is 4. The van der Waals surface area contributed by atoms with Crippen LogP contribution in [0, 0.1) is 6.92 Å². The van der Waals surface area contributed by atoms with E-state index in [1.165, 1.54) is 10.1 Å². The Morgan fingerprint density at radius 1 is 1.21 bits per heavy atom. The van der Waals surface area contributed by atoms with Crippen LogP contribution < -0.4 is 15.9 Å². The molecular formula is C26H31ClN6O4S. The third kappa shape index (κ3) is 6.36. The average Bonchev–Trinajstić information content (AvgIpc) is 3.42. The number of halogens is 1. The number of hydrogen-bond donors (Lipinski definition) is 2. The van der Waals surface area contributed by atoms with Crippen LogP contribution in [0.3, 0.4) is 0 Å². The van der Waals surface area contributed by atoms with E-state index >= 15 is 0 Å². The predicted octanol–water partition coefficient (Wildman–Crippen LogP) is 4.99. The highest BCUT2D eigenvalue weighted by Gasteiger charge is 2.43. The molecule has 3 aromatic rings. The third-order valence-corrected chi connectivity index (χ3v) is 6.83. The summed E-state index contributed by atoms with van der Waals surface area (Å²) in [6.45, 7) is 8.27. The molecule has 1 atom stereocenters. The zero-order valence-corrected chi connectivity index (χ0v) is 23.3. The minimum absolute atomic E-state index is 0.0537. The summed E-state index contributed by atoms with van der Waals surface area (Å²) in [7, 11) is 0. The van der Waals surface area contributed by atoms with Gasteiger partial charge in [-0.2, -0.15) is 0 Å². The summed E-state index contributed by atoms with van der Waals surface area (Å²) < 4.78 is 10.9. The lowest BCUT2D eigenvalue weighted by molar-refractivity contribution is 0.00758. The second kappa shape index (κ2) is 12.0. The maximum atomic E-state index is 13.6. The highest BCUT2D eigenvalue weighted by molar-refractivity contribution is 7.11. The number of nitrogens with two attached hydrogens (primary N) is 1. The van der Waals surface area contributed by atoms with Crippen LogP contribution >= 0.6 is 22.9 Å². The molecule has 38 heavy (non-hydrogen) atoms. The van der Waals surface area contributed by atoms with Crippen molar-refractivity contribution >= 4 is 40.6 Å². The summed E-state index contributed by atoms with van der Waals surface area (Å²) in [5, 5.41) is 8.66. The van der Waals surface area contributed by atoms with E-state index < -0.39 is 12.3 Å². The van der Waals surface area contributed by atoms with Gasteiger partial charge in [0.25, 0.3) is 0 Å². The number of urea groups is 1. The lowest BCUT2D eigenvalue weighted by Crippen LogP contribution is -2.51. The second-order valence-corrected chi connectivity index (χ2v) is 10.3. The van der Waals surface area contributed by atoms with Gasteiger partial charge in [0, 0.05) is 16.1 Å². The van der Waals surface area contributed by atoms with Gasteiger partial charge in [0.2, 0.25) is 5.01 Å². The van der Waals surface area contributed by atoms with Crippen molar-refractivity contribution in [3.63, 3.8) is 0 Å². The molecule has 0 saturated carbocycles. The van der Waals surface area contributed by atoms with Crippen LogP contribution in [0.1, 0.15) is 47.4 Å². The Bertz CT molecular complexity index is 1280. The molecule has 2 heterocycles. The lowest BCUT2D eigenvalue weighted by atomic mass is 10.2. The van der Waals surface area contributed by atoms with E-state index in [1.54, 1.807) is 29.3 Å². The molecular weight excluding hydrogens is 528 g/mol.